The highest BCUT2D eigenvalue weighted by Gasteiger charge is 2.21. The van der Waals surface area contributed by atoms with Crippen molar-refractivity contribution >= 4 is 39.8 Å². The molecule has 0 heterocycles. The van der Waals surface area contributed by atoms with Crippen LogP contribution in [0.25, 0.3) is 0 Å². The van der Waals surface area contributed by atoms with Crippen LogP contribution in [0.2, 0.25) is 0 Å². The van der Waals surface area contributed by atoms with E-state index < -0.39 is 9.84 Å². The fourth-order valence-electron chi connectivity index (χ4n) is 2.56. The Labute approximate surface area is 194 Å². The molecule has 1 unspecified atom stereocenters. The van der Waals surface area contributed by atoms with Gasteiger partial charge in [0.25, 0.3) is 0 Å². The molecular weight excluding hydrogens is 501 g/mol. The summed E-state index contributed by atoms with van der Waals surface area (Å²) in [5.74, 6) is 2.22. The van der Waals surface area contributed by atoms with E-state index in [0.717, 1.165) is 5.75 Å². The largest absolute Gasteiger partial charge is 0.493 e. The normalized spacial score (nSPS) is 13.6. The molecule has 0 aliphatic carbocycles. The molecule has 29 heavy (non-hydrogen) atoms. The van der Waals surface area contributed by atoms with E-state index in [-0.39, 0.29) is 41.2 Å². The zero-order valence-corrected chi connectivity index (χ0v) is 21.9. The Morgan fingerprint density at radius 2 is 1.76 bits per heavy atom. The van der Waals surface area contributed by atoms with Crippen molar-refractivity contribution in [3.63, 3.8) is 0 Å². The molecule has 0 bridgehead atoms. The molecule has 0 aromatic heterocycles. The zero-order valence-electron chi connectivity index (χ0n) is 18.8. The average Bonchev–Trinajstić information content (AvgIpc) is 2.61. The average molecular weight is 540 g/mol. The monoisotopic (exact) mass is 539 g/mol. The van der Waals surface area contributed by atoms with E-state index in [1.807, 2.05) is 19.1 Å². The van der Waals surface area contributed by atoms with Crippen molar-refractivity contribution < 1.29 is 13.2 Å². The van der Waals surface area contributed by atoms with Crippen LogP contribution in [0.5, 0.6) is 5.75 Å². The van der Waals surface area contributed by atoms with Crippen LogP contribution in [-0.4, -0.2) is 52.6 Å². The highest BCUT2D eigenvalue weighted by molar-refractivity contribution is 14.0. The summed E-state index contributed by atoms with van der Waals surface area (Å²) in [7, 11) is -1.24. The number of hydrogen-bond acceptors (Lipinski definition) is 4. The molecule has 0 aliphatic heterocycles. The molecule has 1 atom stereocenters. The Kier molecular flexibility index (Phi) is 12.2. The van der Waals surface area contributed by atoms with Crippen molar-refractivity contribution in [2.75, 3.05) is 32.2 Å². The van der Waals surface area contributed by atoms with Crippen molar-refractivity contribution in [1.82, 2.24) is 10.6 Å². The summed E-state index contributed by atoms with van der Waals surface area (Å²) in [5, 5.41) is 6.60. The Morgan fingerprint density at radius 1 is 1.17 bits per heavy atom. The standard InChI is InChI=1S/C21H37N3O3S.HI/c1-16(2)14-27-19-10-8-18(9-11-19)21(4,5)15-23-20(22-6)24-17(3)12-13-28(7,25)26;/h8-11,16-17H,12-15H2,1-7H3,(H2,22,23,24);1H. The number of nitrogens with zero attached hydrogens (tertiary/aromatic N) is 1. The Balaban J connectivity index is 0.00000784. The summed E-state index contributed by atoms with van der Waals surface area (Å²) in [5.41, 5.74) is 1.10. The predicted octanol–water partition coefficient (Wildman–Crippen LogP) is 3.61. The molecule has 0 aliphatic rings. The summed E-state index contributed by atoms with van der Waals surface area (Å²) in [6.07, 6.45) is 1.80. The van der Waals surface area contributed by atoms with Gasteiger partial charge < -0.3 is 15.4 Å². The number of aliphatic imine (C=N–C) groups is 1. The van der Waals surface area contributed by atoms with Crippen molar-refractivity contribution in [2.24, 2.45) is 10.9 Å². The van der Waals surface area contributed by atoms with Gasteiger partial charge in [-0.15, -0.1) is 24.0 Å². The van der Waals surface area contributed by atoms with Crippen molar-refractivity contribution in [3.05, 3.63) is 29.8 Å². The van der Waals surface area contributed by atoms with Gasteiger partial charge >= 0.3 is 0 Å². The lowest BCUT2D eigenvalue weighted by atomic mass is 9.84. The van der Waals surface area contributed by atoms with E-state index in [2.05, 4.69) is 55.5 Å². The van der Waals surface area contributed by atoms with Crippen LogP contribution in [0.3, 0.4) is 0 Å². The first-order chi connectivity index (χ1) is 12.9. The molecule has 0 fully saturated rings. The minimum absolute atomic E-state index is 0. The number of guanidine groups is 1. The first kappa shape index (κ1) is 28.0. The van der Waals surface area contributed by atoms with Crippen LogP contribution < -0.4 is 15.4 Å². The summed E-state index contributed by atoms with van der Waals surface area (Å²) >= 11 is 0. The van der Waals surface area contributed by atoms with E-state index in [4.69, 9.17) is 4.74 Å². The minimum Gasteiger partial charge on any atom is -0.493 e. The SMILES string of the molecule is CN=C(NCC(C)(C)c1ccc(OCC(C)C)cc1)NC(C)CCS(C)(=O)=O.I. The van der Waals surface area contributed by atoms with Gasteiger partial charge in [0.05, 0.1) is 12.4 Å². The third-order valence-electron chi connectivity index (χ3n) is 4.45. The molecular formula is C21H38IN3O3S. The second-order valence-electron chi connectivity index (χ2n) is 8.50. The lowest BCUT2D eigenvalue weighted by molar-refractivity contribution is 0.271. The Bertz CT molecular complexity index is 732. The maximum atomic E-state index is 11.3. The summed E-state index contributed by atoms with van der Waals surface area (Å²) in [4.78, 5) is 4.25. The highest BCUT2D eigenvalue weighted by atomic mass is 127. The third-order valence-corrected chi connectivity index (χ3v) is 5.42. The van der Waals surface area contributed by atoms with Gasteiger partial charge in [-0.25, -0.2) is 8.42 Å². The number of halogens is 1. The quantitative estimate of drug-likeness (QED) is 0.270. The summed E-state index contributed by atoms with van der Waals surface area (Å²) in [6, 6.07) is 8.24. The van der Waals surface area contributed by atoms with E-state index in [0.29, 0.717) is 31.4 Å². The Hall–Kier alpha value is -1.03. The number of benzene rings is 1. The summed E-state index contributed by atoms with van der Waals surface area (Å²) in [6.45, 7) is 12.0. The van der Waals surface area contributed by atoms with Gasteiger partial charge in [0.15, 0.2) is 5.96 Å². The van der Waals surface area contributed by atoms with Crippen LogP contribution in [0, 0.1) is 5.92 Å². The van der Waals surface area contributed by atoms with Crippen LogP contribution in [0.15, 0.2) is 29.3 Å². The molecule has 8 heteroatoms. The molecule has 0 saturated carbocycles. The molecule has 0 radical (unpaired) electrons. The van der Waals surface area contributed by atoms with Gasteiger partial charge in [-0.05, 0) is 37.0 Å². The first-order valence-electron chi connectivity index (χ1n) is 9.81. The van der Waals surface area contributed by atoms with E-state index in [1.54, 1.807) is 7.05 Å². The highest BCUT2D eigenvalue weighted by Crippen LogP contribution is 2.24. The molecule has 168 valence electrons. The molecule has 1 aromatic carbocycles. The zero-order chi connectivity index (χ0) is 21.4. The molecule has 1 rings (SSSR count). The van der Waals surface area contributed by atoms with Crippen LogP contribution in [0.1, 0.15) is 46.6 Å². The van der Waals surface area contributed by atoms with Gasteiger partial charge in [-0.1, -0.05) is 39.8 Å². The maximum absolute atomic E-state index is 11.3. The van der Waals surface area contributed by atoms with Crippen molar-refractivity contribution in [1.29, 1.82) is 0 Å². The topological polar surface area (TPSA) is 79.8 Å². The molecule has 0 saturated heterocycles. The maximum Gasteiger partial charge on any atom is 0.191 e. The Morgan fingerprint density at radius 3 is 2.24 bits per heavy atom. The third kappa shape index (κ3) is 11.7. The molecule has 1 aromatic rings. The number of hydrogen-bond donors (Lipinski definition) is 2. The molecule has 6 nitrogen and oxygen atoms in total. The van der Waals surface area contributed by atoms with Crippen LogP contribution in [-0.2, 0) is 15.3 Å². The van der Waals surface area contributed by atoms with E-state index >= 15 is 0 Å². The van der Waals surface area contributed by atoms with Crippen LogP contribution in [0.4, 0.5) is 0 Å². The van der Waals surface area contributed by atoms with Gasteiger partial charge in [0.1, 0.15) is 15.6 Å². The van der Waals surface area contributed by atoms with E-state index in [9.17, 15) is 8.42 Å². The van der Waals surface area contributed by atoms with Gasteiger partial charge in [0, 0.05) is 31.3 Å². The minimum atomic E-state index is -2.96. The summed E-state index contributed by atoms with van der Waals surface area (Å²) < 4.78 is 28.4. The molecule has 2 N–H and O–H groups in total. The lowest BCUT2D eigenvalue weighted by Crippen LogP contribution is -2.46. The second kappa shape index (κ2) is 12.6. The number of nitrogens with one attached hydrogen (secondary N) is 2. The number of rotatable bonds is 10. The van der Waals surface area contributed by atoms with Crippen molar-refractivity contribution in [3.8, 4) is 5.75 Å². The second-order valence-corrected chi connectivity index (χ2v) is 10.8. The number of ether oxygens (including phenoxy) is 1. The lowest BCUT2D eigenvalue weighted by Gasteiger charge is -2.28. The fraction of sp³-hybridized carbons (Fsp3) is 0.667. The van der Waals surface area contributed by atoms with Gasteiger partial charge in [0.2, 0.25) is 0 Å². The first-order valence-corrected chi connectivity index (χ1v) is 11.9. The predicted molar refractivity (Wildman–Crippen MR) is 134 cm³/mol. The van der Waals surface area contributed by atoms with Gasteiger partial charge in [-0.2, -0.15) is 0 Å². The van der Waals surface area contributed by atoms with Gasteiger partial charge in [-0.3, -0.25) is 4.99 Å². The smallest absolute Gasteiger partial charge is 0.191 e. The van der Waals surface area contributed by atoms with Crippen molar-refractivity contribution in [2.45, 2.75) is 52.5 Å². The molecule has 0 amide bonds. The van der Waals surface area contributed by atoms with E-state index in [1.165, 1.54) is 11.8 Å². The molecule has 0 spiro atoms. The number of sulfone groups is 1. The van der Waals surface area contributed by atoms with Crippen LogP contribution >= 0.6 is 24.0 Å². The fourth-order valence-corrected chi connectivity index (χ4v) is 3.34.